The fourth-order valence-electron chi connectivity index (χ4n) is 0.940. The summed E-state index contributed by atoms with van der Waals surface area (Å²) in [6.07, 6.45) is 1.53. The van der Waals surface area contributed by atoms with E-state index in [1.807, 2.05) is 10.6 Å². The predicted molar refractivity (Wildman–Crippen MR) is 61.4 cm³/mol. The van der Waals surface area contributed by atoms with Gasteiger partial charge in [-0.25, -0.2) is 4.79 Å². The Hall–Kier alpha value is -1.82. The molecule has 6 heteroatoms. The van der Waals surface area contributed by atoms with Crippen molar-refractivity contribution < 1.29 is 14.4 Å². The second-order valence-corrected chi connectivity index (χ2v) is 3.54. The topological polar surface area (TPSA) is 75.3 Å². The van der Waals surface area contributed by atoms with Crippen molar-refractivity contribution in [1.82, 2.24) is 10.6 Å². The molecule has 0 radical (unpaired) electrons. The molecule has 1 aromatic carbocycles. The van der Waals surface area contributed by atoms with Crippen LogP contribution in [0.1, 0.15) is 10.4 Å². The molecular formula is C10H10N2O3S. The molecule has 1 rings (SSSR count). The standard InChI is InChI=1S/C10H10N2O3S/c1-16-10(15)12-9(14)11-8(13)7-5-3-2-4-6-7/h2-6H,1H3,(H2,11,12,13,14,15). The number of carbonyl (C=O) groups excluding carboxylic acids is 3. The number of rotatable bonds is 1. The van der Waals surface area contributed by atoms with Gasteiger partial charge in [-0.15, -0.1) is 0 Å². The van der Waals surface area contributed by atoms with Crippen LogP contribution in [0.5, 0.6) is 0 Å². The van der Waals surface area contributed by atoms with Gasteiger partial charge in [0.1, 0.15) is 0 Å². The maximum absolute atomic E-state index is 11.4. The molecule has 0 saturated carbocycles. The fourth-order valence-corrected chi connectivity index (χ4v) is 1.13. The molecule has 1 aromatic rings. The highest BCUT2D eigenvalue weighted by Crippen LogP contribution is 1.98. The summed E-state index contributed by atoms with van der Waals surface area (Å²) < 4.78 is 0. The molecule has 0 aromatic heterocycles. The average Bonchev–Trinajstić information content (AvgIpc) is 2.29. The lowest BCUT2D eigenvalue weighted by atomic mass is 10.2. The molecule has 84 valence electrons. The van der Waals surface area contributed by atoms with E-state index < -0.39 is 17.2 Å². The second kappa shape index (κ2) is 5.92. The molecule has 0 heterocycles. The van der Waals surface area contributed by atoms with Gasteiger partial charge in [-0.1, -0.05) is 30.0 Å². The van der Waals surface area contributed by atoms with Gasteiger partial charge in [0.25, 0.3) is 11.1 Å². The number of urea groups is 1. The third-order valence-electron chi connectivity index (χ3n) is 1.66. The zero-order valence-electron chi connectivity index (χ0n) is 8.52. The summed E-state index contributed by atoms with van der Waals surface area (Å²) in [6, 6.07) is 7.43. The van der Waals surface area contributed by atoms with Crippen LogP contribution in [0.4, 0.5) is 9.59 Å². The molecule has 4 amide bonds. The monoisotopic (exact) mass is 238 g/mol. The van der Waals surface area contributed by atoms with E-state index in [4.69, 9.17) is 0 Å². The number of hydrogen-bond donors (Lipinski definition) is 2. The Bertz CT molecular complexity index is 406. The van der Waals surface area contributed by atoms with Crippen LogP contribution in [0.3, 0.4) is 0 Å². The van der Waals surface area contributed by atoms with Crippen molar-refractivity contribution in [2.75, 3.05) is 6.26 Å². The highest BCUT2D eigenvalue weighted by atomic mass is 32.2. The fraction of sp³-hybridized carbons (Fsp3) is 0.100. The van der Waals surface area contributed by atoms with Crippen molar-refractivity contribution in [2.45, 2.75) is 0 Å². The van der Waals surface area contributed by atoms with E-state index in [0.29, 0.717) is 5.56 Å². The zero-order chi connectivity index (χ0) is 12.0. The maximum Gasteiger partial charge on any atom is 0.329 e. The maximum atomic E-state index is 11.4. The van der Waals surface area contributed by atoms with Crippen LogP contribution in [-0.4, -0.2) is 23.4 Å². The SMILES string of the molecule is CSC(=O)NC(=O)NC(=O)c1ccccc1. The highest BCUT2D eigenvalue weighted by molar-refractivity contribution is 8.13. The zero-order valence-corrected chi connectivity index (χ0v) is 9.34. The molecule has 0 aliphatic rings. The molecule has 0 bridgehead atoms. The number of thioether (sulfide) groups is 1. The molecule has 0 saturated heterocycles. The van der Waals surface area contributed by atoms with Crippen LogP contribution in [0.25, 0.3) is 0 Å². The van der Waals surface area contributed by atoms with Crippen LogP contribution in [0.2, 0.25) is 0 Å². The first-order valence-corrected chi connectivity index (χ1v) is 5.61. The van der Waals surface area contributed by atoms with Gasteiger partial charge in [0.05, 0.1) is 0 Å². The van der Waals surface area contributed by atoms with E-state index in [2.05, 4.69) is 0 Å². The van der Waals surface area contributed by atoms with E-state index in [-0.39, 0.29) is 0 Å². The van der Waals surface area contributed by atoms with Gasteiger partial charge in [0, 0.05) is 5.56 Å². The lowest BCUT2D eigenvalue weighted by molar-refractivity contribution is 0.0965. The number of carbonyl (C=O) groups is 3. The smallest absolute Gasteiger partial charge is 0.274 e. The van der Waals surface area contributed by atoms with Crippen LogP contribution in [0, 0.1) is 0 Å². The van der Waals surface area contributed by atoms with Crippen LogP contribution in [0.15, 0.2) is 30.3 Å². The highest BCUT2D eigenvalue weighted by Gasteiger charge is 2.11. The van der Waals surface area contributed by atoms with Gasteiger partial charge in [-0.3, -0.25) is 20.2 Å². The summed E-state index contributed by atoms with van der Waals surface area (Å²) in [7, 11) is 0. The van der Waals surface area contributed by atoms with Crippen molar-refractivity contribution in [3.8, 4) is 0 Å². The summed E-state index contributed by atoms with van der Waals surface area (Å²) in [6.45, 7) is 0. The molecule has 16 heavy (non-hydrogen) atoms. The van der Waals surface area contributed by atoms with E-state index >= 15 is 0 Å². The molecule has 0 aliphatic heterocycles. The van der Waals surface area contributed by atoms with Crippen molar-refractivity contribution in [3.63, 3.8) is 0 Å². The first-order valence-electron chi connectivity index (χ1n) is 4.39. The molecule has 0 atom stereocenters. The Morgan fingerprint density at radius 3 is 2.25 bits per heavy atom. The van der Waals surface area contributed by atoms with E-state index in [0.717, 1.165) is 11.8 Å². The average molecular weight is 238 g/mol. The lowest BCUT2D eigenvalue weighted by Crippen LogP contribution is -2.40. The first kappa shape index (κ1) is 12.3. The van der Waals surface area contributed by atoms with Gasteiger partial charge in [-0.05, 0) is 18.4 Å². The molecule has 0 spiro atoms. The number of benzene rings is 1. The van der Waals surface area contributed by atoms with E-state index in [1.165, 1.54) is 6.26 Å². The molecule has 0 unspecified atom stereocenters. The third-order valence-corrected chi connectivity index (χ3v) is 2.14. The van der Waals surface area contributed by atoms with Crippen molar-refractivity contribution >= 4 is 28.9 Å². The summed E-state index contributed by atoms with van der Waals surface area (Å²) in [5.41, 5.74) is 0.356. The van der Waals surface area contributed by atoms with Crippen LogP contribution >= 0.6 is 11.8 Å². The summed E-state index contributed by atoms with van der Waals surface area (Å²) in [5.74, 6) is -0.549. The Balaban J connectivity index is 2.52. The minimum Gasteiger partial charge on any atom is -0.274 e. The Morgan fingerprint density at radius 2 is 1.69 bits per heavy atom. The summed E-state index contributed by atoms with van der Waals surface area (Å²) in [4.78, 5) is 33.4. The van der Waals surface area contributed by atoms with Gasteiger partial charge < -0.3 is 0 Å². The molecule has 5 nitrogen and oxygen atoms in total. The van der Waals surface area contributed by atoms with Crippen LogP contribution < -0.4 is 10.6 Å². The number of nitrogens with one attached hydrogen (secondary N) is 2. The number of hydrogen-bond acceptors (Lipinski definition) is 4. The molecular weight excluding hydrogens is 228 g/mol. The first-order chi connectivity index (χ1) is 7.63. The van der Waals surface area contributed by atoms with Gasteiger partial charge in [0.15, 0.2) is 0 Å². The van der Waals surface area contributed by atoms with E-state index in [9.17, 15) is 14.4 Å². The number of amides is 4. The third kappa shape index (κ3) is 3.74. The Kier molecular flexibility index (Phi) is 4.53. The van der Waals surface area contributed by atoms with Crippen molar-refractivity contribution in [3.05, 3.63) is 35.9 Å². The predicted octanol–water partition coefficient (Wildman–Crippen LogP) is 1.61. The number of imide groups is 2. The van der Waals surface area contributed by atoms with Gasteiger partial charge in [-0.2, -0.15) is 0 Å². The second-order valence-electron chi connectivity index (χ2n) is 2.77. The quantitative estimate of drug-likeness (QED) is 0.779. The largest absolute Gasteiger partial charge is 0.329 e. The molecule has 0 aliphatic carbocycles. The van der Waals surface area contributed by atoms with Crippen molar-refractivity contribution in [2.24, 2.45) is 0 Å². The summed E-state index contributed by atoms with van der Waals surface area (Å²) >= 11 is 0.854. The minimum atomic E-state index is -0.826. The summed E-state index contributed by atoms with van der Waals surface area (Å²) in [5, 5.41) is 3.51. The normalized spacial score (nSPS) is 9.31. The minimum absolute atomic E-state index is 0.356. The molecule has 0 fully saturated rings. The Morgan fingerprint density at radius 1 is 1.06 bits per heavy atom. The van der Waals surface area contributed by atoms with E-state index in [1.54, 1.807) is 30.3 Å². The van der Waals surface area contributed by atoms with Gasteiger partial charge >= 0.3 is 6.03 Å². The van der Waals surface area contributed by atoms with Crippen molar-refractivity contribution in [1.29, 1.82) is 0 Å². The Labute approximate surface area is 96.6 Å². The molecule has 2 N–H and O–H groups in total. The van der Waals surface area contributed by atoms with Crippen LogP contribution in [-0.2, 0) is 0 Å². The lowest BCUT2D eigenvalue weighted by Gasteiger charge is -2.03. The van der Waals surface area contributed by atoms with Gasteiger partial charge in [0.2, 0.25) is 0 Å².